The minimum atomic E-state index is -0.0740. The van der Waals surface area contributed by atoms with Crippen molar-refractivity contribution in [3.05, 3.63) is 40.4 Å². The fourth-order valence-corrected chi connectivity index (χ4v) is 2.44. The summed E-state index contributed by atoms with van der Waals surface area (Å²) in [5.41, 5.74) is 1.65. The van der Waals surface area contributed by atoms with E-state index in [1.807, 2.05) is 24.0 Å². The second-order valence-corrected chi connectivity index (χ2v) is 5.20. The van der Waals surface area contributed by atoms with Gasteiger partial charge in [0, 0.05) is 26.1 Å². The van der Waals surface area contributed by atoms with E-state index in [2.05, 4.69) is 4.98 Å². The third kappa shape index (κ3) is 2.19. The van der Waals surface area contributed by atoms with Crippen LogP contribution in [0, 0.1) is 6.92 Å². The highest BCUT2D eigenvalue weighted by Gasteiger charge is 2.19. The van der Waals surface area contributed by atoms with E-state index in [-0.39, 0.29) is 11.5 Å². The van der Waals surface area contributed by atoms with Gasteiger partial charge in [-0.05, 0) is 25.0 Å². The van der Waals surface area contributed by atoms with Gasteiger partial charge in [-0.2, -0.15) is 0 Å². The van der Waals surface area contributed by atoms with Gasteiger partial charge < -0.3 is 4.90 Å². The number of aryl methyl sites for hydroxylation is 2. The van der Waals surface area contributed by atoms with E-state index in [4.69, 9.17) is 0 Å². The number of carbonyl (C=O) groups excluding carboxylic acids is 1. The summed E-state index contributed by atoms with van der Waals surface area (Å²) >= 11 is 0. The summed E-state index contributed by atoms with van der Waals surface area (Å²) in [5.74, 6) is 0.118. The molecule has 1 aromatic heterocycles. The number of aromatic nitrogens is 2. The number of hydrogen-bond donors (Lipinski definition) is 0. The predicted octanol–water partition coefficient (Wildman–Crippen LogP) is 1.33. The molecule has 0 N–H and O–H groups in total. The van der Waals surface area contributed by atoms with E-state index in [0.29, 0.717) is 18.4 Å². The largest absolute Gasteiger partial charge is 0.343 e. The zero-order valence-corrected chi connectivity index (χ0v) is 11.5. The molecule has 3 rings (SSSR count). The van der Waals surface area contributed by atoms with Crippen LogP contribution < -0.4 is 5.56 Å². The highest BCUT2D eigenvalue weighted by atomic mass is 16.2. The van der Waals surface area contributed by atoms with E-state index in [0.717, 1.165) is 30.6 Å². The van der Waals surface area contributed by atoms with Crippen molar-refractivity contribution >= 4 is 16.8 Å². The minimum Gasteiger partial charge on any atom is -0.343 e. The molecule has 1 fully saturated rings. The highest BCUT2D eigenvalue weighted by Crippen LogP contribution is 2.12. The minimum absolute atomic E-state index is 0.0740. The lowest BCUT2D eigenvalue weighted by atomic mass is 10.1. The number of para-hydroxylation sites is 1. The van der Waals surface area contributed by atoms with Crippen LogP contribution in [0.25, 0.3) is 10.9 Å². The van der Waals surface area contributed by atoms with Crippen molar-refractivity contribution in [2.45, 2.75) is 26.3 Å². The summed E-state index contributed by atoms with van der Waals surface area (Å²) in [6, 6.07) is 5.58. The first-order valence-electron chi connectivity index (χ1n) is 6.89. The topological polar surface area (TPSA) is 55.2 Å². The van der Waals surface area contributed by atoms with Crippen LogP contribution in [0.3, 0.4) is 0 Å². The average molecular weight is 271 g/mol. The van der Waals surface area contributed by atoms with Crippen molar-refractivity contribution in [1.82, 2.24) is 14.5 Å². The van der Waals surface area contributed by atoms with Gasteiger partial charge in [0.15, 0.2) is 0 Å². The predicted molar refractivity (Wildman–Crippen MR) is 76.6 cm³/mol. The third-order valence-electron chi connectivity index (χ3n) is 3.83. The van der Waals surface area contributed by atoms with Gasteiger partial charge in [0.1, 0.15) is 0 Å². The van der Waals surface area contributed by atoms with Crippen LogP contribution in [0.15, 0.2) is 29.3 Å². The molecule has 0 bridgehead atoms. The first-order chi connectivity index (χ1) is 9.66. The Hall–Kier alpha value is -2.17. The molecule has 1 aliphatic rings. The van der Waals surface area contributed by atoms with Gasteiger partial charge in [-0.15, -0.1) is 0 Å². The first-order valence-corrected chi connectivity index (χ1v) is 6.89. The number of fused-ring (bicyclic) bond motifs is 1. The van der Waals surface area contributed by atoms with Crippen LogP contribution in [0.4, 0.5) is 0 Å². The number of carbonyl (C=O) groups is 1. The quantitative estimate of drug-likeness (QED) is 0.846. The Morgan fingerprint density at radius 1 is 1.35 bits per heavy atom. The Morgan fingerprint density at radius 3 is 2.85 bits per heavy atom. The summed E-state index contributed by atoms with van der Waals surface area (Å²) in [6.45, 7) is 4.03. The SMILES string of the molecule is Cc1cccc2c(=O)n(CCC(=O)N3CCC3)cnc12. The summed E-state index contributed by atoms with van der Waals surface area (Å²) < 4.78 is 1.53. The second-order valence-electron chi connectivity index (χ2n) is 5.20. The number of hydrogen-bond acceptors (Lipinski definition) is 3. The number of nitrogens with zero attached hydrogens (tertiary/aromatic N) is 3. The van der Waals surface area contributed by atoms with Crippen LogP contribution >= 0.6 is 0 Å². The van der Waals surface area contributed by atoms with Gasteiger partial charge in [0.05, 0.1) is 17.2 Å². The molecule has 2 aromatic rings. The molecular weight excluding hydrogens is 254 g/mol. The number of amides is 1. The summed E-state index contributed by atoms with van der Waals surface area (Å²) in [7, 11) is 0. The molecule has 104 valence electrons. The van der Waals surface area contributed by atoms with Crippen molar-refractivity contribution in [2.24, 2.45) is 0 Å². The molecule has 0 saturated carbocycles. The van der Waals surface area contributed by atoms with Gasteiger partial charge in [0.25, 0.3) is 5.56 Å². The fourth-order valence-electron chi connectivity index (χ4n) is 2.44. The third-order valence-corrected chi connectivity index (χ3v) is 3.83. The number of likely N-dealkylation sites (tertiary alicyclic amines) is 1. The number of benzene rings is 1. The maximum atomic E-state index is 12.3. The van der Waals surface area contributed by atoms with Gasteiger partial charge in [0.2, 0.25) is 5.91 Å². The van der Waals surface area contributed by atoms with E-state index in [1.165, 1.54) is 4.57 Å². The van der Waals surface area contributed by atoms with Crippen molar-refractivity contribution < 1.29 is 4.79 Å². The van der Waals surface area contributed by atoms with Crippen LogP contribution in [-0.4, -0.2) is 33.4 Å². The lowest BCUT2D eigenvalue weighted by molar-refractivity contribution is -0.134. The van der Waals surface area contributed by atoms with Crippen molar-refractivity contribution in [1.29, 1.82) is 0 Å². The maximum Gasteiger partial charge on any atom is 0.261 e. The first kappa shape index (κ1) is 12.8. The van der Waals surface area contributed by atoms with Crippen LogP contribution in [-0.2, 0) is 11.3 Å². The van der Waals surface area contributed by atoms with Gasteiger partial charge in [-0.1, -0.05) is 12.1 Å². The Morgan fingerprint density at radius 2 is 2.15 bits per heavy atom. The normalized spacial score (nSPS) is 14.3. The van der Waals surface area contributed by atoms with E-state index < -0.39 is 0 Å². The molecule has 5 heteroatoms. The molecule has 0 unspecified atom stereocenters. The molecule has 5 nitrogen and oxygen atoms in total. The molecule has 0 radical (unpaired) electrons. The molecule has 1 aliphatic heterocycles. The molecule has 20 heavy (non-hydrogen) atoms. The van der Waals surface area contributed by atoms with Crippen molar-refractivity contribution in [2.75, 3.05) is 13.1 Å². The van der Waals surface area contributed by atoms with Crippen LogP contribution in [0.1, 0.15) is 18.4 Å². The Kier molecular flexibility index (Phi) is 3.26. The second kappa shape index (κ2) is 5.07. The molecule has 1 aromatic carbocycles. The molecule has 1 amide bonds. The summed E-state index contributed by atoms with van der Waals surface area (Å²) in [6.07, 6.45) is 2.99. The van der Waals surface area contributed by atoms with E-state index >= 15 is 0 Å². The smallest absolute Gasteiger partial charge is 0.261 e. The zero-order valence-electron chi connectivity index (χ0n) is 11.5. The molecule has 2 heterocycles. The Balaban J connectivity index is 1.83. The Labute approximate surface area is 116 Å². The summed E-state index contributed by atoms with van der Waals surface area (Å²) in [5, 5.41) is 0.615. The average Bonchev–Trinajstić information content (AvgIpc) is 2.37. The fraction of sp³-hybridized carbons (Fsp3) is 0.400. The molecule has 0 aliphatic carbocycles. The van der Waals surface area contributed by atoms with Crippen LogP contribution in [0.2, 0.25) is 0 Å². The maximum absolute atomic E-state index is 12.3. The number of rotatable bonds is 3. The van der Waals surface area contributed by atoms with Crippen molar-refractivity contribution in [3.63, 3.8) is 0 Å². The van der Waals surface area contributed by atoms with Crippen LogP contribution in [0.5, 0.6) is 0 Å². The zero-order chi connectivity index (χ0) is 14.1. The van der Waals surface area contributed by atoms with Gasteiger partial charge >= 0.3 is 0 Å². The Bertz CT molecular complexity index is 717. The molecule has 0 atom stereocenters. The van der Waals surface area contributed by atoms with Gasteiger partial charge in [-0.25, -0.2) is 4.98 Å². The lowest BCUT2D eigenvalue weighted by Crippen LogP contribution is -2.42. The monoisotopic (exact) mass is 271 g/mol. The van der Waals surface area contributed by atoms with E-state index in [9.17, 15) is 9.59 Å². The van der Waals surface area contributed by atoms with E-state index in [1.54, 1.807) is 12.4 Å². The molecular formula is C15H17N3O2. The van der Waals surface area contributed by atoms with Crippen molar-refractivity contribution in [3.8, 4) is 0 Å². The lowest BCUT2D eigenvalue weighted by Gasteiger charge is -2.30. The highest BCUT2D eigenvalue weighted by molar-refractivity contribution is 5.80. The standard InChI is InChI=1S/C15H17N3O2/c1-11-4-2-5-12-14(11)16-10-18(15(12)20)9-6-13(19)17-7-3-8-17/h2,4-5,10H,3,6-9H2,1H3. The van der Waals surface area contributed by atoms with Gasteiger partial charge in [-0.3, -0.25) is 14.2 Å². The summed E-state index contributed by atoms with van der Waals surface area (Å²) in [4.78, 5) is 30.3. The molecule has 0 spiro atoms. The molecule has 1 saturated heterocycles.